The highest BCUT2D eigenvalue weighted by atomic mass is 15.2. The Morgan fingerprint density at radius 3 is 2.35 bits per heavy atom. The number of nitrogens with one attached hydrogen (secondary N) is 2. The van der Waals surface area contributed by atoms with E-state index < -0.39 is 0 Å². The zero-order valence-corrected chi connectivity index (χ0v) is 12.4. The fourth-order valence-electron chi connectivity index (χ4n) is 1.23. The second-order valence-corrected chi connectivity index (χ2v) is 4.79. The van der Waals surface area contributed by atoms with Crippen molar-refractivity contribution in [1.29, 1.82) is 0 Å². The van der Waals surface area contributed by atoms with Crippen molar-refractivity contribution >= 4 is 5.96 Å². The van der Waals surface area contributed by atoms with Gasteiger partial charge in [-0.15, -0.1) is 0 Å². The highest BCUT2D eigenvalue weighted by Gasteiger charge is 2.04. The summed E-state index contributed by atoms with van der Waals surface area (Å²) in [6, 6.07) is 1.05. The Balaban J connectivity index is 4.11. The molecule has 0 saturated heterocycles. The molecular formula is C13H30N4. The van der Waals surface area contributed by atoms with Gasteiger partial charge in [-0.05, 0) is 41.2 Å². The standard InChI is InChI=1S/C13H30N4/c1-7-12(5)16-13(14-8-2)15-9-10-17(6)11(3)4/h11-12H,7-10H2,1-6H3,(H2,14,15,16). The van der Waals surface area contributed by atoms with Crippen molar-refractivity contribution in [3.63, 3.8) is 0 Å². The Bertz CT molecular complexity index is 213. The molecule has 17 heavy (non-hydrogen) atoms. The molecule has 0 saturated carbocycles. The second kappa shape index (κ2) is 9.28. The number of aliphatic imine (C=N–C) groups is 1. The number of hydrogen-bond donors (Lipinski definition) is 2. The van der Waals surface area contributed by atoms with E-state index in [1.54, 1.807) is 0 Å². The average Bonchev–Trinajstić information content (AvgIpc) is 2.28. The molecule has 1 atom stereocenters. The predicted molar refractivity (Wildman–Crippen MR) is 76.6 cm³/mol. The molecular weight excluding hydrogens is 212 g/mol. The fourth-order valence-corrected chi connectivity index (χ4v) is 1.23. The predicted octanol–water partition coefficient (Wildman–Crippen LogP) is 1.68. The van der Waals surface area contributed by atoms with Crippen molar-refractivity contribution in [1.82, 2.24) is 15.5 Å². The highest BCUT2D eigenvalue weighted by molar-refractivity contribution is 5.80. The molecule has 0 heterocycles. The van der Waals surface area contributed by atoms with Crippen LogP contribution in [0.2, 0.25) is 0 Å². The molecule has 4 heteroatoms. The maximum absolute atomic E-state index is 4.58. The second-order valence-electron chi connectivity index (χ2n) is 4.79. The first-order valence-corrected chi connectivity index (χ1v) is 6.76. The lowest BCUT2D eigenvalue weighted by Crippen LogP contribution is -2.42. The molecule has 0 rings (SSSR count). The van der Waals surface area contributed by atoms with Gasteiger partial charge in [-0.3, -0.25) is 4.99 Å². The molecule has 0 aromatic rings. The minimum absolute atomic E-state index is 0.468. The number of hydrogen-bond acceptors (Lipinski definition) is 2. The van der Waals surface area contributed by atoms with E-state index in [-0.39, 0.29) is 0 Å². The monoisotopic (exact) mass is 242 g/mol. The van der Waals surface area contributed by atoms with E-state index >= 15 is 0 Å². The molecule has 2 N–H and O–H groups in total. The summed E-state index contributed by atoms with van der Waals surface area (Å²) < 4.78 is 0. The Morgan fingerprint density at radius 2 is 1.88 bits per heavy atom. The van der Waals surface area contributed by atoms with Crippen molar-refractivity contribution in [2.75, 3.05) is 26.7 Å². The zero-order valence-electron chi connectivity index (χ0n) is 12.4. The summed E-state index contributed by atoms with van der Waals surface area (Å²) in [5.74, 6) is 0.930. The van der Waals surface area contributed by atoms with Gasteiger partial charge in [0, 0.05) is 25.2 Å². The van der Waals surface area contributed by atoms with Gasteiger partial charge in [0.2, 0.25) is 0 Å². The van der Waals surface area contributed by atoms with Gasteiger partial charge in [0.1, 0.15) is 0 Å². The summed E-state index contributed by atoms with van der Waals surface area (Å²) in [6.07, 6.45) is 1.11. The molecule has 0 aliphatic carbocycles. The van der Waals surface area contributed by atoms with E-state index in [1.807, 2.05) is 0 Å². The molecule has 4 nitrogen and oxygen atoms in total. The molecule has 0 radical (unpaired) electrons. The van der Waals surface area contributed by atoms with E-state index in [9.17, 15) is 0 Å². The third-order valence-corrected chi connectivity index (χ3v) is 2.94. The summed E-state index contributed by atoms with van der Waals surface area (Å²) in [5.41, 5.74) is 0. The maximum atomic E-state index is 4.58. The van der Waals surface area contributed by atoms with E-state index in [4.69, 9.17) is 0 Å². The van der Waals surface area contributed by atoms with Crippen LogP contribution in [0.3, 0.4) is 0 Å². The number of guanidine groups is 1. The van der Waals surface area contributed by atoms with Crippen LogP contribution in [0.4, 0.5) is 0 Å². The van der Waals surface area contributed by atoms with Crippen molar-refractivity contribution in [3.05, 3.63) is 0 Å². The van der Waals surface area contributed by atoms with Crippen LogP contribution in [0.25, 0.3) is 0 Å². The van der Waals surface area contributed by atoms with Gasteiger partial charge in [0.25, 0.3) is 0 Å². The first-order chi connectivity index (χ1) is 8.01. The summed E-state index contributed by atoms with van der Waals surface area (Å²) in [7, 11) is 2.13. The quantitative estimate of drug-likeness (QED) is 0.527. The van der Waals surface area contributed by atoms with Gasteiger partial charge >= 0.3 is 0 Å². The minimum atomic E-state index is 0.468. The van der Waals surface area contributed by atoms with Gasteiger partial charge in [0.15, 0.2) is 5.96 Å². The van der Waals surface area contributed by atoms with Crippen molar-refractivity contribution in [2.24, 2.45) is 4.99 Å². The van der Waals surface area contributed by atoms with Crippen molar-refractivity contribution in [3.8, 4) is 0 Å². The van der Waals surface area contributed by atoms with Crippen LogP contribution in [-0.4, -0.2) is 49.6 Å². The minimum Gasteiger partial charge on any atom is -0.357 e. The molecule has 0 fully saturated rings. The van der Waals surface area contributed by atoms with Crippen LogP contribution >= 0.6 is 0 Å². The van der Waals surface area contributed by atoms with Gasteiger partial charge in [0.05, 0.1) is 6.54 Å². The van der Waals surface area contributed by atoms with Gasteiger partial charge < -0.3 is 15.5 Å². The van der Waals surface area contributed by atoms with Gasteiger partial charge in [-0.1, -0.05) is 6.92 Å². The molecule has 0 aromatic carbocycles. The Hall–Kier alpha value is -0.770. The Morgan fingerprint density at radius 1 is 1.24 bits per heavy atom. The third-order valence-electron chi connectivity index (χ3n) is 2.94. The summed E-state index contributed by atoms with van der Waals surface area (Å²) in [4.78, 5) is 6.88. The van der Waals surface area contributed by atoms with Crippen LogP contribution in [-0.2, 0) is 0 Å². The molecule has 0 amide bonds. The highest BCUT2D eigenvalue weighted by Crippen LogP contribution is 1.93. The topological polar surface area (TPSA) is 39.7 Å². The van der Waals surface area contributed by atoms with Gasteiger partial charge in [-0.25, -0.2) is 0 Å². The molecule has 0 spiro atoms. The zero-order chi connectivity index (χ0) is 13.3. The van der Waals surface area contributed by atoms with Crippen LogP contribution in [0, 0.1) is 0 Å². The van der Waals surface area contributed by atoms with E-state index in [0.717, 1.165) is 32.0 Å². The van der Waals surface area contributed by atoms with Crippen molar-refractivity contribution in [2.45, 2.75) is 53.1 Å². The smallest absolute Gasteiger partial charge is 0.191 e. The first-order valence-electron chi connectivity index (χ1n) is 6.76. The third kappa shape index (κ3) is 8.02. The lowest BCUT2D eigenvalue weighted by molar-refractivity contribution is 0.282. The molecule has 0 bridgehead atoms. The largest absolute Gasteiger partial charge is 0.357 e. The molecule has 0 aliphatic heterocycles. The fraction of sp³-hybridized carbons (Fsp3) is 0.923. The van der Waals surface area contributed by atoms with E-state index in [0.29, 0.717) is 12.1 Å². The lowest BCUT2D eigenvalue weighted by Gasteiger charge is -2.20. The maximum Gasteiger partial charge on any atom is 0.191 e. The molecule has 0 aromatic heterocycles. The lowest BCUT2D eigenvalue weighted by atomic mass is 10.3. The summed E-state index contributed by atoms with van der Waals surface area (Å²) in [5, 5.41) is 6.66. The Kier molecular flexibility index (Phi) is 8.86. The first kappa shape index (κ1) is 16.2. The SMILES string of the molecule is CCNC(=NCCN(C)C(C)C)NC(C)CC. The number of likely N-dealkylation sites (N-methyl/N-ethyl adjacent to an activating group) is 1. The number of rotatable bonds is 7. The van der Waals surface area contributed by atoms with Crippen molar-refractivity contribution < 1.29 is 0 Å². The van der Waals surface area contributed by atoms with Gasteiger partial charge in [-0.2, -0.15) is 0 Å². The van der Waals surface area contributed by atoms with Crippen LogP contribution < -0.4 is 10.6 Å². The summed E-state index contributed by atoms with van der Waals surface area (Å²) in [6.45, 7) is 13.6. The Labute approximate surface area is 107 Å². The molecule has 1 unspecified atom stereocenters. The molecule has 0 aliphatic rings. The van der Waals surface area contributed by atoms with E-state index in [2.05, 4.69) is 62.2 Å². The van der Waals surface area contributed by atoms with Crippen LogP contribution in [0.15, 0.2) is 4.99 Å². The van der Waals surface area contributed by atoms with Crippen LogP contribution in [0.1, 0.15) is 41.0 Å². The molecule has 102 valence electrons. The van der Waals surface area contributed by atoms with Crippen LogP contribution in [0.5, 0.6) is 0 Å². The average molecular weight is 242 g/mol. The summed E-state index contributed by atoms with van der Waals surface area (Å²) >= 11 is 0. The van der Waals surface area contributed by atoms with E-state index in [1.165, 1.54) is 0 Å². The normalized spacial score (nSPS) is 14.2. The number of nitrogens with zero attached hydrogens (tertiary/aromatic N) is 2.